The molecule has 18 heavy (non-hydrogen) atoms. The normalized spacial score (nSPS) is 13.1. The molecular formula is C13H18ClN3O. The first-order valence-electron chi connectivity index (χ1n) is 6.09. The summed E-state index contributed by atoms with van der Waals surface area (Å²) in [5.41, 5.74) is 7.86. The molecule has 0 aliphatic carbocycles. The van der Waals surface area contributed by atoms with Gasteiger partial charge in [-0.3, -0.25) is 0 Å². The van der Waals surface area contributed by atoms with E-state index in [1.54, 1.807) is 7.11 Å². The molecule has 2 rings (SSSR count). The molecule has 0 saturated carbocycles. The van der Waals surface area contributed by atoms with E-state index in [1.807, 2.05) is 22.8 Å². The van der Waals surface area contributed by atoms with Gasteiger partial charge in [0.25, 0.3) is 0 Å². The molecule has 0 spiro atoms. The molecule has 0 radical (unpaired) electrons. The molecule has 0 fully saturated rings. The van der Waals surface area contributed by atoms with Crippen LogP contribution in [0.1, 0.15) is 25.8 Å². The van der Waals surface area contributed by atoms with E-state index in [0.29, 0.717) is 17.6 Å². The predicted molar refractivity (Wildman–Crippen MR) is 75.0 cm³/mol. The van der Waals surface area contributed by atoms with Gasteiger partial charge in [-0.25, -0.2) is 4.98 Å². The second-order valence-electron chi connectivity index (χ2n) is 4.37. The van der Waals surface area contributed by atoms with E-state index in [9.17, 15) is 0 Å². The first-order chi connectivity index (χ1) is 8.67. The lowest BCUT2D eigenvalue weighted by Crippen LogP contribution is -2.16. The Labute approximate surface area is 112 Å². The fourth-order valence-corrected chi connectivity index (χ4v) is 2.45. The minimum absolute atomic E-state index is 0.214. The quantitative estimate of drug-likeness (QED) is 0.905. The summed E-state index contributed by atoms with van der Waals surface area (Å²) in [6, 6.07) is 5.86. The SMILES string of the molecule is CCCC(COC)n1c(N)nc2cc(Cl)ccc21. The third-order valence-electron chi connectivity index (χ3n) is 3.02. The van der Waals surface area contributed by atoms with Gasteiger partial charge in [-0.1, -0.05) is 24.9 Å². The summed E-state index contributed by atoms with van der Waals surface area (Å²) in [4.78, 5) is 4.36. The van der Waals surface area contributed by atoms with Crippen LogP contribution in [0.15, 0.2) is 18.2 Å². The Balaban J connectivity index is 2.50. The lowest BCUT2D eigenvalue weighted by molar-refractivity contribution is 0.153. The van der Waals surface area contributed by atoms with Gasteiger partial charge in [0.15, 0.2) is 0 Å². The zero-order valence-electron chi connectivity index (χ0n) is 10.7. The largest absolute Gasteiger partial charge is 0.383 e. The standard InChI is InChI=1S/C13H18ClN3O/c1-3-4-10(8-18-2)17-12-6-5-9(14)7-11(12)16-13(17)15/h5-7,10H,3-4,8H2,1-2H3,(H2,15,16). The highest BCUT2D eigenvalue weighted by Crippen LogP contribution is 2.27. The molecule has 4 nitrogen and oxygen atoms in total. The van der Waals surface area contributed by atoms with E-state index < -0.39 is 0 Å². The fraction of sp³-hybridized carbons (Fsp3) is 0.462. The Morgan fingerprint density at radius 3 is 2.94 bits per heavy atom. The average molecular weight is 268 g/mol. The van der Waals surface area contributed by atoms with Gasteiger partial charge in [-0.2, -0.15) is 0 Å². The number of methoxy groups -OCH3 is 1. The average Bonchev–Trinajstić information content (AvgIpc) is 2.64. The van der Waals surface area contributed by atoms with Crippen molar-refractivity contribution in [3.05, 3.63) is 23.2 Å². The van der Waals surface area contributed by atoms with Crippen LogP contribution in [0, 0.1) is 0 Å². The van der Waals surface area contributed by atoms with Crippen molar-refractivity contribution in [2.45, 2.75) is 25.8 Å². The maximum Gasteiger partial charge on any atom is 0.201 e. The number of imidazole rings is 1. The number of hydrogen-bond acceptors (Lipinski definition) is 3. The Kier molecular flexibility index (Phi) is 4.09. The van der Waals surface area contributed by atoms with Gasteiger partial charge >= 0.3 is 0 Å². The Morgan fingerprint density at radius 1 is 1.50 bits per heavy atom. The van der Waals surface area contributed by atoms with E-state index in [4.69, 9.17) is 22.1 Å². The summed E-state index contributed by atoms with van der Waals surface area (Å²) in [7, 11) is 1.70. The Morgan fingerprint density at radius 2 is 2.28 bits per heavy atom. The summed E-state index contributed by atoms with van der Waals surface area (Å²) in [5, 5.41) is 0.672. The summed E-state index contributed by atoms with van der Waals surface area (Å²) in [5.74, 6) is 0.516. The number of rotatable bonds is 5. The maximum absolute atomic E-state index is 6.02. The topological polar surface area (TPSA) is 53.1 Å². The molecular weight excluding hydrogens is 250 g/mol. The van der Waals surface area contributed by atoms with Crippen molar-refractivity contribution in [2.24, 2.45) is 0 Å². The molecule has 0 saturated heterocycles. The highest BCUT2D eigenvalue weighted by molar-refractivity contribution is 6.31. The fourth-order valence-electron chi connectivity index (χ4n) is 2.29. The number of aromatic nitrogens is 2. The summed E-state index contributed by atoms with van der Waals surface area (Å²) >= 11 is 5.97. The number of benzene rings is 1. The van der Waals surface area contributed by atoms with Gasteiger partial charge in [-0.05, 0) is 24.6 Å². The number of halogens is 1. The van der Waals surface area contributed by atoms with E-state index in [2.05, 4.69) is 11.9 Å². The van der Waals surface area contributed by atoms with Gasteiger partial charge < -0.3 is 15.0 Å². The van der Waals surface area contributed by atoms with Crippen LogP contribution in [0.2, 0.25) is 5.02 Å². The molecule has 1 aromatic carbocycles. The van der Waals surface area contributed by atoms with Crippen molar-refractivity contribution in [3.63, 3.8) is 0 Å². The van der Waals surface area contributed by atoms with Crippen molar-refractivity contribution < 1.29 is 4.74 Å². The lowest BCUT2D eigenvalue weighted by atomic mass is 10.1. The molecule has 0 aliphatic rings. The second kappa shape index (κ2) is 5.59. The summed E-state index contributed by atoms with van der Waals surface area (Å²) in [6.07, 6.45) is 2.08. The number of fused-ring (bicyclic) bond motifs is 1. The molecule has 5 heteroatoms. The number of nitrogens with zero attached hydrogens (tertiary/aromatic N) is 2. The van der Waals surface area contributed by atoms with Crippen LogP contribution in [-0.2, 0) is 4.74 Å². The van der Waals surface area contributed by atoms with Gasteiger partial charge in [0.1, 0.15) is 0 Å². The molecule has 1 atom stereocenters. The highest BCUT2D eigenvalue weighted by Gasteiger charge is 2.17. The molecule has 0 amide bonds. The van der Waals surface area contributed by atoms with Gasteiger partial charge in [0.05, 0.1) is 23.7 Å². The van der Waals surface area contributed by atoms with Crippen LogP contribution in [0.25, 0.3) is 11.0 Å². The zero-order chi connectivity index (χ0) is 13.1. The molecule has 98 valence electrons. The van der Waals surface area contributed by atoms with Crippen LogP contribution in [-0.4, -0.2) is 23.3 Å². The van der Waals surface area contributed by atoms with Crippen molar-refractivity contribution in [3.8, 4) is 0 Å². The van der Waals surface area contributed by atoms with Crippen molar-refractivity contribution in [1.82, 2.24) is 9.55 Å². The van der Waals surface area contributed by atoms with E-state index >= 15 is 0 Å². The summed E-state index contributed by atoms with van der Waals surface area (Å²) < 4.78 is 7.32. The van der Waals surface area contributed by atoms with Crippen molar-refractivity contribution in [2.75, 3.05) is 19.5 Å². The number of ether oxygens (including phenoxy) is 1. The van der Waals surface area contributed by atoms with Crippen LogP contribution < -0.4 is 5.73 Å². The first-order valence-corrected chi connectivity index (χ1v) is 6.47. The van der Waals surface area contributed by atoms with Gasteiger partial charge in [-0.15, -0.1) is 0 Å². The smallest absolute Gasteiger partial charge is 0.201 e. The monoisotopic (exact) mass is 267 g/mol. The lowest BCUT2D eigenvalue weighted by Gasteiger charge is -2.19. The molecule has 1 aromatic heterocycles. The summed E-state index contributed by atoms with van der Waals surface area (Å²) in [6.45, 7) is 2.78. The Hall–Kier alpha value is -1.26. The molecule has 2 aromatic rings. The number of nitrogen functional groups attached to an aromatic ring is 1. The van der Waals surface area contributed by atoms with E-state index in [-0.39, 0.29) is 6.04 Å². The molecule has 2 N–H and O–H groups in total. The minimum atomic E-state index is 0.214. The van der Waals surface area contributed by atoms with Crippen molar-refractivity contribution >= 4 is 28.6 Å². The molecule has 0 aliphatic heterocycles. The van der Waals surface area contributed by atoms with Gasteiger partial charge in [0.2, 0.25) is 5.95 Å². The maximum atomic E-state index is 6.02. The van der Waals surface area contributed by atoms with Crippen LogP contribution >= 0.6 is 11.6 Å². The van der Waals surface area contributed by atoms with E-state index in [1.165, 1.54) is 0 Å². The van der Waals surface area contributed by atoms with Crippen LogP contribution in [0.3, 0.4) is 0 Å². The minimum Gasteiger partial charge on any atom is -0.383 e. The molecule has 1 heterocycles. The van der Waals surface area contributed by atoms with E-state index in [0.717, 1.165) is 23.9 Å². The van der Waals surface area contributed by atoms with Crippen LogP contribution in [0.4, 0.5) is 5.95 Å². The van der Waals surface area contributed by atoms with Crippen molar-refractivity contribution in [1.29, 1.82) is 0 Å². The first kappa shape index (κ1) is 13.2. The highest BCUT2D eigenvalue weighted by atomic mass is 35.5. The van der Waals surface area contributed by atoms with Crippen LogP contribution in [0.5, 0.6) is 0 Å². The third kappa shape index (κ3) is 2.44. The number of nitrogens with two attached hydrogens (primary N) is 1. The van der Waals surface area contributed by atoms with Gasteiger partial charge in [0, 0.05) is 12.1 Å². The molecule has 1 unspecified atom stereocenters. The molecule has 0 bridgehead atoms. The predicted octanol–water partition coefficient (Wildman–Crippen LogP) is 3.26. The number of anilines is 1. The Bertz CT molecular complexity index is 532. The number of hydrogen-bond donors (Lipinski definition) is 1. The second-order valence-corrected chi connectivity index (χ2v) is 4.81. The zero-order valence-corrected chi connectivity index (χ0v) is 11.4. The third-order valence-corrected chi connectivity index (χ3v) is 3.26.